The van der Waals surface area contributed by atoms with E-state index in [0.29, 0.717) is 16.5 Å². The van der Waals surface area contributed by atoms with Crippen LogP contribution in [0.3, 0.4) is 0 Å². The molecule has 0 saturated carbocycles. The van der Waals surface area contributed by atoms with Crippen molar-refractivity contribution < 1.29 is 13.2 Å². The van der Waals surface area contributed by atoms with Crippen LogP contribution in [0.1, 0.15) is 11.3 Å². The minimum Gasteiger partial charge on any atom is -0.494 e. The Morgan fingerprint density at radius 2 is 1.92 bits per heavy atom. The van der Waals surface area contributed by atoms with Crippen molar-refractivity contribution >= 4 is 27.3 Å². The summed E-state index contributed by atoms with van der Waals surface area (Å²) in [6.07, 6.45) is 3.53. The lowest BCUT2D eigenvalue weighted by atomic mass is 10.2. The Labute approximate surface area is 157 Å². The molecule has 0 fully saturated rings. The number of benzene rings is 2. The van der Waals surface area contributed by atoms with Crippen LogP contribution in [0.15, 0.2) is 53.8 Å². The Bertz CT molecular complexity index is 1060. The molecule has 0 bridgehead atoms. The first-order valence-electron chi connectivity index (χ1n) is 7.78. The molecular formula is C18H18ClN3O3S. The molecule has 2 aromatic carbocycles. The molecule has 0 aliphatic rings. The Hall–Kier alpha value is -2.51. The van der Waals surface area contributed by atoms with E-state index < -0.39 is 10.0 Å². The summed E-state index contributed by atoms with van der Waals surface area (Å²) in [6.45, 7) is 3.70. The molecule has 0 amide bonds. The highest BCUT2D eigenvalue weighted by molar-refractivity contribution is 7.92. The number of nitrogens with zero attached hydrogens (tertiary/aromatic N) is 2. The minimum absolute atomic E-state index is 0.0985. The summed E-state index contributed by atoms with van der Waals surface area (Å²) in [5.74, 6) is 0.518. The standard InChI is InChI=1S/C18H18ClN3O3S/c1-12-4-6-15(9-16(12)19)26(23,24)21-14-5-7-17(18(8-14)25-3)22-10-13(2)20-11-22/h4-11,21H,1-3H3. The predicted molar refractivity (Wildman–Crippen MR) is 102 cm³/mol. The van der Waals surface area contributed by atoms with E-state index in [4.69, 9.17) is 16.3 Å². The van der Waals surface area contributed by atoms with Crippen molar-refractivity contribution in [2.24, 2.45) is 0 Å². The van der Waals surface area contributed by atoms with Gasteiger partial charge < -0.3 is 9.30 Å². The topological polar surface area (TPSA) is 73.2 Å². The molecule has 3 rings (SSSR count). The second-order valence-corrected chi connectivity index (χ2v) is 7.92. The number of halogens is 1. The number of anilines is 1. The van der Waals surface area contributed by atoms with Gasteiger partial charge in [0.15, 0.2) is 0 Å². The fraction of sp³-hybridized carbons (Fsp3) is 0.167. The van der Waals surface area contributed by atoms with Gasteiger partial charge in [-0.25, -0.2) is 13.4 Å². The number of nitrogens with one attached hydrogen (secondary N) is 1. The quantitative estimate of drug-likeness (QED) is 0.714. The van der Waals surface area contributed by atoms with E-state index in [2.05, 4.69) is 9.71 Å². The molecule has 1 N–H and O–H groups in total. The average molecular weight is 392 g/mol. The van der Waals surface area contributed by atoms with E-state index in [0.717, 1.165) is 16.9 Å². The predicted octanol–water partition coefficient (Wildman–Crippen LogP) is 3.95. The number of aryl methyl sites for hydroxylation is 2. The number of sulfonamides is 1. The van der Waals surface area contributed by atoms with Gasteiger partial charge in [0.1, 0.15) is 5.75 Å². The Balaban J connectivity index is 1.93. The Morgan fingerprint density at radius 3 is 2.54 bits per heavy atom. The van der Waals surface area contributed by atoms with E-state index in [9.17, 15) is 8.42 Å². The van der Waals surface area contributed by atoms with E-state index in [-0.39, 0.29) is 4.90 Å². The van der Waals surface area contributed by atoms with Crippen molar-refractivity contribution in [3.63, 3.8) is 0 Å². The van der Waals surface area contributed by atoms with Crippen LogP contribution in [0, 0.1) is 13.8 Å². The lowest BCUT2D eigenvalue weighted by molar-refractivity contribution is 0.413. The summed E-state index contributed by atoms with van der Waals surface area (Å²) in [6, 6.07) is 9.67. The van der Waals surface area contributed by atoms with Crippen LogP contribution in [0.5, 0.6) is 5.75 Å². The molecule has 0 aliphatic heterocycles. The molecule has 0 atom stereocenters. The number of methoxy groups -OCH3 is 1. The lowest BCUT2D eigenvalue weighted by Crippen LogP contribution is -2.13. The Morgan fingerprint density at radius 1 is 1.15 bits per heavy atom. The van der Waals surface area contributed by atoms with Gasteiger partial charge in [-0.1, -0.05) is 17.7 Å². The van der Waals surface area contributed by atoms with Gasteiger partial charge in [-0.05, 0) is 43.7 Å². The third-order valence-corrected chi connectivity index (χ3v) is 5.66. The van der Waals surface area contributed by atoms with Gasteiger partial charge in [-0.2, -0.15) is 0 Å². The summed E-state index contributed by atoms with van der Waals surface area (Å²) in [4.78, 5) is 4.29. The van der Waals surface area contributed by atoms with Gasteiger partial charge in [0.2, 0.25) is 0 Å². The zero-order chi connectivity index (χ0) is 18.9. The van der Waals surface area contributed by atoms with E-state index in [1.807, 2.05) is 24.6 Å². The minimum atomic E-state index is -3.76. The first kappa shape index (κ1) is 18.3. The third-order valence-electron chi connectivity index (χ3n) is 3.88. The maximum absolute atomic E-state index is 12.6. The molecule has 136 valence electrons. The number of hydrogen-bond donors (Lipinski definition) is 1. The maximum Gasteiger partial charge on any atom is 0.261 e. The van der Waals surface area contributed by atoms with Crippen molar-refractivity contribution in [1.29, 1.82) is 0 Å². The van der Waals surface area contributed by atoms with Crippen LogP contribution in [-0.4, -0.2) is 25.1 Å². The van der Waals surface area contributed by atoms with Gasteiger partial charge in [0.25, 0.3) is 10.0 Å². The molecule has 6 nitrogen and oxygen atoms in total. The normalized spacial score (nSPS) is 11.4. The molecule has 8 heteroatoms. The van der Waals surface area contributed by atoms with Crippen molar-refractivity contribution in [2.75, 3.05) is 11.8 Å². The molecular weight excluding hydrogens is 374 g/mol. The largest absolute Gasteiger partial charge is 0.494 e. The number of aromatic nitrogens is 2. The first-order chi connectivity index (χ1) is 12.3. The lowest BCUT2D eigenvalue weighted by Gasteiger charge is -2.13. The van der Waals surface area contributed by atoms with Crippen LogP contribution in [-0.2, 0) is 10.0 Å². The fourth-order valence-corrected chi connectivity index (χ4v) is 3.78. The number of ether oxygens (including phenoxy) is 1. The number of rotatable bonds is 5. The molecule has 3 aromatic rings. The molecule has 0 spiro atoms. The SMILES string of the molecule is COc1cc(NS(=O)(=O)c2ccc(C)c(Cl)c2)ccc1-n1cnc(C)c1. The fourth-order valence-electron chi connectivity index (χ4n) is 2.46. The summed E-state index contributed by atoms with van der Waals surface area (Å²) in [5.41, 5.74) is 2.83. The van der Waals surface area contributed by atoms with Crippen molar-refractivity contribution in [3.8, 4) is 11.4 Å². The third kappa shape index (κ3) is 3.68. The maximum atomic E-state index is 12.6. The zero-order valence-electron chi connectivity index (χ0n) is 14.5. The number of hydrogen-bond acceptors (Lipinski definition) is 4. The van der Waals surface area contributed by atoms with Gasteiger partial charge >= 0.3 is 0 Å². The second kappa shape index (κ2) is 7.01. The number of imidazole rings is 1. The highest BCUT2D eigenvalue weighted by atomic mass is 35.5. The van der Waals surface area contributed by atoms with Crippen LogP contribution in [0.25, 0.3) is 5.69 Å². The van der Waals surface area contributed by atoms with E-state index in [1.54, 1.807) is 30.6 Å². The van der Waals surface area contributed by atoms with Crippen molar-refractivity contribution in [2.45, 2.75) is 18.7 Å². The highest BCUT2D eigenvalue weighted by Crippen LogP contribution is 2.29. The van der Waals surface area contributed by atoms with Gasteiger partial charge in [0.05, 0.1) is 35.4 Å². The molecule has 0 unspecified atom stereocenters. The van der Waals surface area contributed by atoms with Gasteiger partial charge in [-0.3, -0.25) is 4.72 Å². The van der Waals surface area contributed by atoms with Crippen molar-refractivity contribution in [3.05, 3.63) is 65.2 Å². The Kier molecular flexibility index (Phi) is 4.93. The second-order valence-electron chi connectivity index (χ2n) is 5.83. The van der Waals surface area contributed by atoms with Crippen molar-refractivity contribution in [1.82, 2.24) is 9.55 Å². The first-order valence-corrected chi connectivity index (χ1v) is 9.64. The van der Waals surface area contributed by atoms with E-state index >= 15 is 0 Å². The highest BCUT2D eigenvalue weighted by Gasteiger charge is 2.17. The smallest absolute Gasteiger partial charge is 0.261 e. The van der Waals surface area contributed by atoms with E-state index in [1.165, 1.54) is 19.2 Å². The molecule has 1 aromatic heterocycles. The van der Waals surface area contributed by atoms with Crippen LogP contribution >= 0.6 is 11.6 Å². The summed E-state index contributed by atoms with van der Waals surface area (Å²) in [5, 5.41) is 0.399. The average Bonchev–Trinajstić information content (AvgIpc) is 3.03. The monoisotopic (exact) mass is 391 g/mol. The molecule has 0 aliphatic carbocycles. The van der Waals surface area contributed by atoms with Crippen LogP contribution in [0.4, 0.5) is 5.69 Å². The van der Waals surface area contributed by atoms with Gasteiger partial charge in [-0.15, -0.1) is 0 Å². The zero-order valence-corrected chi connectivity index (χ0v) is 16.1. The summed E-state index contributed by atoms with van der Waals surface area (Å²) < 4.78 is 35.0. The summed E-state index contributed by atoms with van der Waals surface area (Å²) >= 11 is 6.04. The van der Waals surface area contributed by atoms with Crippen LogP contribution in [0.2, 0.25) is 5.02 Å². The molecule has 1 heterocycles. The molecule has 26 heavy (non-hydrogen) atoms. The van der Waals surface area contributed by atoms with Crippen LogP contribution < -0.4 is 9.46 Å². The summed E-state index contributed by atoms with van der Waals surface area (Å²) in [7, 11) is -2.23. The van der Waals surface area contributed by atoms with Gasteiger partial charge in [0, 0.05) is 17.3 Å². The molecule has 0 radical (unpaired) electrons. The molecule has 0 saturated heterocycles.